The first-order valence-electron chi connectivity index (χ1n) is 9.12. The summed E-state index contributed by atoms with van der Waals surface area (Å²) in [5.41, 5.74) is 3.36. The zero-order chi connectivity index (χ0) is 19.1. The fourth-order valence-corrected chi connectivity index (χ4v) is 3.56. The maximum atomic E-state index is 12.0. The van der Waals surface area contributed by atoms with E-state index in [-0.39, 0.29) is 5.91 Å². The van der Waals surface area contributed by atoms with Gasteiger partial charge in [0.05, 0.1) is 5.75 Å². The van der Waals surface area contributed by atoms with Gasteiger partial charge in [-0.05, 0) is 36.6 Å². The van der Waals surface area contributed by atoms with Gasteiger partial charge in [-0.3, -0.25) is 9.36 Å². The van der Waals surface area contributed by atoms with Crippen LogP contribution in [0.3, 0.4) is 0 Å². The highest BCUT2D eigenvalue weighted by Crippen LogP contribution is 2.24. The Hall–Kier alpha value is -2.60. The second-order valence-corrected chi connectivity index (χ2v) is 7.32. The molecule has 0 saturated carbocycles. The predicted molar refractivity (Wildman–Crippen MR) is 109 cm³/mol. The number of aromatic nitrogens is 3. The monoisotopic (exact) mass is 380 g/mol. The van der Waals surface area contributed by atoms with Crippen molar-refractivity contribution < 1.29 is 4.79 Å². The molecule has 1 aromatic heterocycles. The number of hydrogen-bond acceptors (Lipinski definition) is 4. The Morgan fingerprint density at radius 3 is 2.67 bits per heavy atom. The van der Waals surface area contributed by atoms with Crippen LogP contribution in [0, 0.1) is 6.92 Å². The Bertz CT molecular complexity index is 892. The lowest BCUT2D eigenvalue weighted by atomic mass is 10.1. The first-order chi connectivity index (χ1) is 13.2. The molecule has 0 bridgehead atoms. The molecule has 0 aliphatic heterocycles. The maximum absolute atomic E-state index is 12.0. The molecular formula is C21H24N4OS. The molecule has 0 aliphatic carbocycles. The molecule has 3 aromatic rings. The van der Waals surface area contributed by atoms with E-state index in [1.807, 2.05) is 37.3 Å². The highest BCUT2D eigenvalue weighted by atomic mass is 32.2. The first kappa shape index (κ1) is 19.2. The highest BCUT2D eigenvalue weighted by Gasteiger charge is 2.16. The van der Waals surface area contributed by atoms with Crippen molar-refractivity contribution in [2.24, 2.45) is 0 Å². The van der Waals surface area contributed by atoms with Crippen molar-refractivity contribution in [1.82, 2.24) is 20.1 Å². The van der Waals surface area contributed by atoms with E-state index in [1.165, 1.54) is 22.9 Å². The molecule has 0 fully saturated rings. The first-order valence-corrected chi connectivity index (χ1v) is 10.1. The van der Waals surface area contributed by atoms with Crippen LogP contribution in [-0.2, 0) is 11.2 Å². The second-order valence-electron chi connectivity index (χ2n) is 6.37. The molecule has 5 nitrogen and oxygen atoms in total. The molecule has 0 radical (unpaired) electrons. The van der Waals surface area contributed by atoms with Crippen LogP contribution < -0.4 is 5.32 Å². The molecule has 0 spiro atoms. The van der Waals surface area contributed by atoms with Gasteiger partial charge in [-0.1, -0.05) is 61.2 Å². The molecule has 6 heteroatoms. The lowest BCUT2D eigenvalue weighted by Gasteiger charge is -2.11. The third kappa shape index (κ3) is 5.20. The summed E-state index contributed by atoms with van der Waals surface area (Å²) in [5, 5.41) is 12.4. The van der Waals surface area contributed by atoms with Crippen LogP contribution in [-0.4, -0.2) is 33.0 Å². The maximum Gasteiger partial charge on any atom is 0.230 e. The van der Waals surface area contributed by atoms with Gasteiger partial charge >= 0.3 is 0 Å². The fraction of sp³-hybridized carbons (Fsp3) is 0.286. The van der Waals surface area contributed by atoms with Crippen molar-refractivity contribution in [1.29, 1.82) is 0 Å². The van der Waals surface area contributed by atoms with Crippen LogP contribution in [0.15, 0.2) is 59.8 Å². The summed E-state index contributed by atoms with van der Waals surface area (Å²) < 4.78 is 2.05. The van der Waals surface area contributed by atoms with Gasteiger partial charge in [0.15, 0.2) is 5.16 Å². The third-order valence-corrected chi connectivity index (χ3v) is 5.00. The van der Waals surface area contributed by atoms with Gasteiger partial charge in [-0.15, -0.1) is 10.2 Å². The zero-order valence-electron chi connectivity index (χ0n) is 15.7. The molecule has 1 heterocycles. The Kier molecular flexibility index (Phi) is 6.65. The van der Waals surface area contributed by atoms with E-state index in [2.05, 4.69) is 51.3 Å². The molecule has 1 amide bonds. The smallest absolute Gasteiger partial charge is 0.230 e. The second kappa shape index (κ2) is 9.37. The number of aryl methyl sites for hydroxylation is 1. The number of hydrogen-bond donors (Lipinski definition) is 1. The molecule has 140 valence electrons. The average molecular weight is 381 g/mol. The lowest BCUT2D eigenvalue weighted by Crippen LogP contribution is -2.25. The van der Waals surface area contributed by atoms with E-state index < -0.39 is 0 Å². The summed E-state index contributed by atoms with van der Waals surface area (Å²) in [6, 6.07) is 18.5. The summed E-state index contributed by atoms with van der Waals surface area (Å²) in [6.45, 7) is 4.80. The molecule has 0 saturated heterocycles. The molecule has 0 unspecified atom stereocenters. The van der Waals surface area contributed by atoms with Gasteiger partial charge < -0.3 is 5.32 Å². The van der Waals surface area contributed by atoms with Gasteiger partial charge in [-0.25, -0.2) is 0 Å². The van der Waals surface area contributed by atoms with Crippen LogP contribution >= 0.6 is 11.8 Å². The van der Waals surface area contributed by atoms with Gasteiger partial charge in [0.25, 0.3) is 0 Å². The van der Waals surface area contributed by atoms with Gasteiger partial charge in [-0.2, -0.15) is 0 Å². The van der Waals surface area contributed by atoms with Gasteiger partial charge in [0.1, 0.15) is 5.82 Å². The Morgan fingerprint density at radius 2 is 1.93 bits per heavy atom. The predicted octanol–water partition coefficient (Wildman–Crippen LogP) is 3.78. The van der Waals surface area contributed by atoms with E-state index in [4.69, 9.17) is 0 Å². The molecule has 0 aliphatic rings. The van der Waals surface area contributed by atoms with Crippen LogP contribution in [0.25, 0.3) is 5.69 Å². The number of amides is 1. The van der Waals surface area contributed by atoms with Crippen molar-refractivity contribution in [2.75, 3.05) is 12.3 Å². The van der Waals surface area contributed by atoms with E-state index in [1.54, 1.807) is 0 Å². The normalized spacial score (nSPS) is 10.7. The Morgan fingerprint density at radius 1 is 1.11 bits per heavy atom. The minimum Gasteiger partial charge on any atom is -0.355 e. The van der Waals surface area contributed by atoms with Crippen molar-refractivity contribution in [3.05, 3.63) is 71.5 Å². The van der Waals surface area contributed by atoms with Crippen LogP contribution in [0.4, 0.5) is 0 Å². The number of benzene rings is 2. The van der Waals surface area contributed by atoms with Gasteiger partial charge in [0.2, 0.25) is 5.91 Å². The Labute approximate surface area is 164 Å². The quantitative estimate of drug-likeness (QED) is 0.604. The fourth-order valence-electron chi connectivity index (χ4n) is 2.76. The number of nitrogens with one attached hydrogen (secondary N) is 1. The summed E-state index contributed by atoms with van der Waals surface area (Å²) in [7, 11) is 0. The topological polar surface area (TPSA) is 59.8 Å². The van der Waals surface area contributed by atoms with E-state index >= 15 is 0 Å². The molecule has 2 aromatic carbocycles. The average Bonchev–Trinajstić information content (AvgIpc) is 3.08. The van der Waals surface area contributed by atoms with Crippen molar-refractivity contribution in [3.63, 3.8) is 0 Å². The standard InChI is InChI=1S/C21H24N4OS/c1-3-12-22-20(26)15-27-21-24-23-19(14-17-9-5-4-6-10-17)25(21)18-11-7-8-16(2)13-18/h4-11,13H,3,12,14-15H2,1-2H3,(H,22,26). The number of thioether (sulfide) groups is 1. The SMILES string of the molecule is CCCNC(=O)CSc1nnc(Cc2ccccc2)n1-c1cccc(C)c1. The zero-order valence-corrected chi connectivity index (χ0v) is 16.5. The molecule has 0 atom stereocenters. The number of carbonyl (C=O) groups excluding carboxylic acids is 1. The largest absolute Gasteiger partial charge is 0.355 e. The lowest BCUT2D eigenvalue weighted by molar-refractivity contribution is -0.118. The molecule has 3 rings (SSSR count). The van der Waals surface area contributed by atoms with E-state index in [9.17, 15) is 4.79 Å². The summed E-state index contributed by atoms with van der Waals surface area (Å²) in [5.74, 6) is 1.21. The van der Waals surface area contributed by atoms with Gasteiger partial charge in [0, 0.05) is 18.7 Å². The van der Waals surface area contributed by atoms with Crippen molar-refractivity contribution >= 4 is 17.7 Å². The highest BCUT2D eigenvalue weighted by molar-refractivity contribution is 7.99. The molecular weight excluding hydrogens is 356 g/mol. The Balaban J connectivity index is 1.88. The van der Waals surface area contributed by atoms with E-state index in [0.29, 0.717) is 18.7 Å². The molecule has 27 heavy (non-hydrogen) atoms. The molecule has 1 N–H and O–H groups in total. The van der Waals surface area contributed by atoms with Crippen LogP contribution in [0.2, 0.25) is 0 Å². The summed E-state index contributed by atoms with van der Waals surface area (Å²) in [4.78, 5) is 12.0. The van der Waals surface area contributed by atoms with Crippen molar-refractivity contribution in [3.8, 4) is 5.69 Å². The summed E-state index contributed by atoms with van der Waals surface area (Å²) in [6.07, 6.45) is 1.61. The number of carbonyl (C=O) groups is 1. The summed E-state index contributed by atoms with van der Waals surface area (Å²) >= 11 is 1.41. The van der Waals surface area contributed by atoms with Crippen molar-refractivity contribution in [2.45, 2.75) is 31.8 Å². The van der Waals surface area contributed by atoms with Crippen LogP contribution in [0.5, 0.6) is 0 Å². The third-order valence-electron chi connectivity index (χ3n) is 4.07. The minimum absolute atomic E-state index is 0.0188. The minimum atomic E-state index is 0.0188. The number of nitrogens with zero attached hydrogens (tertiary/aromatic N) is 3. The number of rotatable bonds is 8. The van der Waals surface area contributed by atoms with Crippen LogP contribution in [0.1, 0.15) is 30.3 Å². The van der Waals surface area contributed by atoms with E-state index in [0.717, 1.165) is 23.1 Å².